The lowest BCUT2D eigenvalue weighted by atomic mass is 10.1. The fraction of sp³-hybridized carbons (Fsp3) is 0.533. The van der Waals surface area contributed by atoms with E-state index in [4.69, 9.17) is 4.74 Å². The second-order valence-corrected chi connectivity index (χ2v) is 5.64. The van der Waals surface area contributed by atoms with Crippen LogP contribution >= 0.6 is 0 Å². The normalized spacial score (nSPS) is 21.6. The van der Waals surface area contributed by atoms with Crippen LogP contribution in [-0.2, 0) is 4.79 Å². The van der Waals surface area contributed by atoms with E-state index in [2.05, 4.69) is 4.90 Å². The molecular formula is C15H21N3O4. The van der Waals surface area contributed by atoms with E-state index >= 15 is 0 Å². The molecule has 1 amide bonds. The zero-order valence-electron chi connectivity index (χ0n) is 13.3. The lowest BCUT2D eigenvalue weighted by Crippen LogP contribution is -2.57. The van der Waals surface area contributed by atoms with Gasteiger partial charge < -0.3 is 14.5 Å². The van der Waals surface area contributed by atoms with Gasteiger partial charge in [0.15, 0.2) is 5.75 Å². The molecule has 0 N–H and O–H groups in total. The molecular weight excluding hydrogens is 286 g/mol. The van der Waals surface area contributed by atoms with Gasteiger partial charge in [0.25, 0.3) is 0 Å². The van der Waals surface area contributed by atoms with E-state index in [9.17, 15) is 14.9 Å². The maximum absolute atomic E-state index is 11.6. The summed E-state index contributed by atoms with van der Waals surface area (Å²) in [6, 6.07) is 5.10. The molecule has 2 atom stereocenters. The predicted octanol–water partition coefficient (Wildman–Crippen LogP) is 2.05. The molecule has 120 valence electrons. The molecule has 22 heavy (non-hydrogen) atoms. The van der Waals surface area contributed by atoms with Crippen LogP contribution in [0, 0.1) is 10.1 Å². The standard InChI is InChI=1S/C15H21N3O4/c1-10-9-17(11(2)8-16(10)12(3)19)13-5-6-14(18(20)21)15(7-13)22-4/h5-7,10-11H,8-9H2,1-4H3/t10-,11+/m1/s1. The second kappa shape index (κ2) is 6.21. The molecule has 1 aromatic carbocycles. The third-order valence-corrected chi connectivity index (χ3v) is 4.08. The van der Waals surface area contributed by atoms with E-state index in [-0.39, 0.29) is 29.4 Å². The van der Waals surface area contributed by atoms with Gasteiger partial charge in [0.05, 0.1) is 12.0 Å². The number of nitro groups is 1. The third kappa shape index (κ3) is 2.98. The van der Waals surface area contributed by atoms with E-state index < -0.39 is 4.92 Å². The van der Waals surface area contributed by atoms with Crippen molar-refractivity contribution in [3.8, 4) is 5.75 Å². The number of benzene rings is 1. The Hall–Kier alpha value is -2.31. The van der Waals surface area contributed by atoms with Gasteiger partial charge in [-0.2, -0.15) is 0 Å². The summed E-state index contributed by atoms with van der Waals surface area (Å²) in [5.74, 6) is 0.316. The first-order valence-electron chi connectivity index (χ1n) is 7.21. The van der Waals surface area contributed by atoms with Gasteiger partial charge in [-0.1, -0.05) is 0 Å². The highest BCUT2D eigenvalue weighted by atomic mass is 16.6. The van der Waals surface area contributed by atoms with Gasteiger partial charge in [-0.25, -0.2) is 0 Å². The van der Waals surface area contributed by atoms with Crippen molar-refractivity contribution >= 4 is 17.3 Å². The average molecular weight is 307 g/mol. The van der Waals surface area contributed by atoms with E-state index in [1.54, 1.807) is 19.1 Å². The number of nitro benzene ring substituents is 1. The van der Waals surface area contributed by atoms with Crippen molar-refractivity contribution in [3.05, 3.63) is 28.3 Å². The molecule has 1 saturated heterocycles. The minimum absolute atomic E-state index is 0.0469. The molecule has 2 rings (SSSR count). The number of ether oxygens (including phenoxy) is 1. The van der Waals surface area contributed by atoms with Gasteiger partial charge in [0, 0.05) is 49.9 Å². The molecule has 0 spiro atoms. The Kier molecular flexibility index (Phi) is 4.54. The van der Waals surface area contributed by atoms with Crippen molar-refractivity contribution in [2.75, 3.05) is 25.1 Å². The Balaban J connectivity index is 2.28. The number of carbonyl (C=O) groups is 1. The highest BCUT2D eigenvalue weighted by Gasteiger charge is 2.31. The minimum atomic E-state index is -0.456. The Morgan fingerprint density at radius 1 is 1.32 bits per heavy atom. The first-order chi connectivity index (χ1) is 10.3. The molecule has 0 saturated carbocycles. The minimum Gasteiger partial charge on any atom is -0.490 e. The summed E-state index contributed by atoms with van der Waals surface area (Å²) in [4.78, 5) is 26.1. The van der Waals surface area contributed by atoms with E-state index in [1.165, 1.54) is 13.2 Å². The van der Waals surface area contributed by atoms with E-state index in [0.29, 0.717) is 13.1 Å². The largest absolute Gasteiger partial charge is 0.490 e. The molecule has 7 heteroatoms. The summed E-state index contributed by atoms with van der Waals surface area (Å²) >= 11 is 0. The quantitative estimate of drug-likeness (QED) is 0.631. The van der Waals surface area contributed by atoms with Gasteiger partial charge >= 0.3 is 5.69 Å². The molecule has 0 aliphatic carbocycles. The molecule has 0 radical (unpaired) electrons. The van der Waals surface area contributed by atoms with Gasteiger partial charge in [-0.3, -0.25) is 14.9 Å². The fourth-order valence-electron chi connectivity index (χ4n) is 2.92. The number of carbonyl (C=O) groups excluding carboxylic acids is 1. The van der Waals surface area contributed by atoms with Crippen LogP contribution in [-0.4, -0.2) is 48.0 Å². The van der Waals surface area contributed by atoms with Gasteiger partial charge in [0.2, 0.25) is 5.91 Å². The first kappa shape index (κ1) is 16.1. The molecule has 1 aliphatic rings. The van der Waals surface area contributed by atoms with Crippen LogP contribution in [0.25, 0.3) is 0 Å². The van der Waals surface area contributed by atoms with Crippen molar-refractivity contribution < 1.29 is 14.5 Å². The van der Waals surface area contributed by atoms with Crippen molar-refractivity contribution in [1.82, 2.24) is 4.90 Å². The molecule has 0 bridgehead atoms. The van der Waals surface area contributed by atoms with Crippen LogP contribution in [0.1, 0.15) is 20.8 Å². The average Bonchev–Trinajstić information content (AvgIpc) is 2.48. The van der Waals surface area contributed by atoms with E-state index in [1.807, 2.05) is 18.7 Å². The molecule has 1 heterocycles. The van der Waals surface area contributed by atoms with Crippen molar-refractivity contribution in [1.29, 1.82) is 0 Å². The SMILES string of the molecule is COc1cc(N2C[C@@H](C)N(C(C)=O)C[C@@H]2C)ccc1[N+](=O)[O-]. The summed E-state index contributed by atoms with van der Waals surface area (Å²) in [5, 5.41) is 11.0. The lowest BCUT2D eigenvalue weighted by molar-refractivity contribution is -0.385. The maximum Gasteiger partial charge on any atom is 0.311 e. The summed E-state index contributed by atoms with van der Waals surface area (Å²) in [7, 11) is 1.42. The highest BCUT2D eigenvalue weighted by molar-refractivity contribution is 5.74. The number of piperazine rings is 1. The lowest BCUT2D eigenvalue weighted by Gasteiger charge is -2.45. The van der Waals surface area contributed by atoms with Crippen LogP contribution in [0.5, 0.6) is 5.75 Å². The topological polar surface area (TPSA) is 75.9 Å². The number of rotatable bonds is 3. The van der Waals surface area contributed by atoms with Gasteiger partial charge in [-0.05, 0) is 19.9 Å². The summed E-state index contributed by atoms with van der Waals surface area (Å²) in [5.41, 5.74) is 0.819. The van der Waals surface area contributed by atoms with E-state index in [0.717, 1.165) is 5.69 Å². The number of hydrogen-bond donors (Lipinski definition) is 0. The molecule has 7 nitrogen and oxygen atoms in total. The Morgan fingerprint density at radius 2 is 2.00 bits per heavy atom. The fourth-order valence-corrected chi connectivity index (χ4v) is 2.92. The molecule has 1 aromatic rings. The zero-order valence-corrected chi connectivity index (χ0v) is 13.3. The van der Waals surface area contributed by atoms with Crippen LogP contribution in [0.3, 0.4) is 0 Å². The first-order valence-corrected chi connectivity index (χ1v) is 7.21. The second-order valence-electron chi connectivity index (χ2n) is 5.64. The smallest absolute Gasteiger partial charge is 0.311 e. The Morgan fingerprint density at radius 3 is 2.55 bits per heavy atom. The third-order valence-electron chi connectivity index (χ3n) is 4.08. The van der Waals surface area contributed by atoms with Crippen LogP contribution in [0.2, 0.25) is 0 Å². The summed E-state index contributed by atoms with van der Waals surface area (Å²) < 4.78 is 5.13. The van der Waals surface area contributed by atoms with Gasteiger partial charge in [-0.15, -0.1) is 0 Å². The molecule has 0 unspecified atom stereocenters. The number of anilines is 1. The number of amides is 1. The zero-order chi connectivity index (χ0) is 16.4. The molecule has 1 aliphatic heterocycles. The summed E-state index contributed by atoms with van der Waals surface area (Å²) in [6.07, 6.45) is 0. The Labute approximate surface area is 129 Å². The van der Waals surface area contributed by atoms with Crippen molar-refractivity contribution in [2.45, 2.75) is 32.9 Å². The van der Waals surface area contributed by atoms with Crippen molar-refractivity contribution in [3.63, 3.8) is 0 Å². The number of nitrogens with zero attached hydrogens (tertiary/aromatic N) is 3. The molecule has 1 fully saturated rings. The van der Waals surface area contributed by atoms with Crippen LogP contribution in [0.15, 0.2) is 18.2 Å². The van der Waals surface area contributed by atoms with Crippen LogP contribution < -0.4 is 9.64 Å². The number of hydrogen-bond acceptors (Lipinski definition) is 5. The predicted molar refractivity (Wildman–Crippen MR) is 83.3 cm³/mol. The molecule has 0 aromatic heterocycles. The van der Waals surface area contributed by atoms with Gasteiger partial charge in [0.1, 0.15) is 0 Å². The van der Waals surface area contributed by atoms with Crippen molar-refractivity contribution in [2.24, 2.45) is 0 Å². The highest BCUT2D eigenvalue weighted by Crippen LogP contribution is 2.33. The number of methoxy groups -OCH3 is 1. The summed E-state index contributed by atoms with van der Waals surface area (Å²) in [6.45, 7) is 6.93. The maximum atomic E-state index is 11.6. The monoisotopic (exact) mass is 307 g/mol. The Bertz CT molecular complexity index is 590. The van der Waals surface area contributed by atoms with Crippen LogP contribution in [0.4, 0.5) is 11.4 Å².